The van der Waals surface area contributed by atoms with Crippen LogP contribution in [0.15, 0.2) is 60.8 Å². The molecule has 442 valence electrons. The zero-order valence-electron chi connectivity index (χ0n) is 49.0. The van der Waals surface area contributed by atoms with Crippen molar-refractivity contribution in [2.24, 2.45) is 0 Å². The summed E-state index contributed by atoms with van der Waals surface area (Å²) in [4.78, 5) is 48.6. The molecule has 0 aromatic heterocycles. The number of rotatable bonds is 58. The second-order valence-corrected chi connectivity index (χ2v) is 22.3. The lowest BCUT2D eigenvalue weighted by molar-refractivity contribution is -0.161. The fourth-order valence-electron chi connectivity index (χ4n) is 8.70. The number of hydrogen-bond acceptors (Lipinski definition) is 10. The zero-order valence-corrected chi connectivity index (χ0v) is 49.9. The highest BCUT2D eigenvalue weighted by atomic mass is 31.2. The number of esters is 3. The molecule has 0 fully saturated rings. The van der Waals surface area contributed by atoms with Crippen molar-refractivity contribution in [1.29, 1.82) is 0 Å². The molecule has 0 aromatic rings. The molecule has 0 aliphatic carbocycles. The topological polar surface area (TPSA) is 155 Å². The van der Waals surface area contributed by atoms with Gasteiger partial charge in [0.25, 0.3) is 0 Å². The van der Waals surface area contributed by atoms with E-state index in [9.17, 15) is 28.9 Å². The molecule has 12 heteroatoms. The van der Waals surface area contributed by atoms with Crippen LogP contribution in [0.4, 0.5) is 0 Å². The van der Waals surface area contributed by atoms with Crippen LogP contribution in [0.2, 0.25) is 0 Å². The zero-order chi connectivity index (χ0) is 55.5. The Hall–Kier alpha value is -2.82. The maximum absolute atomic E-state index is 12.9. The Kier molecular flexibility index (Phi) is 56.2. The first-order chi connectivity index (χ1) is 37.2. The van der Waals surface area contributed by atoms with E-state index < -0.39 is 57.8 Å². The number of phosphoric ester groups is 1. The lowest BCUT2D eigenvalue weighted by Gasteiger charge is -2.21. The Morgan fingerprint density at radius 1 is 0.382 bits per heavy atom. The van der Waals surface area contributed by atoms with E-state index in [1.165, 1.54) is 135 Å². The van der Waals surface area contributed by atoms with Gasteiger partial charge in [0.1, 0.15) is 12.7 Å². The Labute approximate surface area is 465 Å². The summed E-state index contributed by atoms with van der Waals surface area (Å²) in [5.74, 6) is -1.49. The monoisotopic (exact) mass is 1090 g/mol. The standard InChI is InChI=1S/C64H115O11P/c1-4-7-10-13-16-19-22-25-27-29-30-32-33-36-38-41-44-47-50-53-62(66)71-57-61(75-64(68)55-52-49-46-43-40-37-34-31-28-26-23-20-17-14-11-8-5-2)59-73-76(69,70)72-58-60(56-65)74-63(67)54-51-48-45-42-39-35-24-21-18-15-12-9-6-3/h9,12,17-18,20-21,26,28,35,39,60-61,65H,4-8,10-11,13-16,19,22-25,27,29-34,36-38,40-59H2,1-3H3,(H,69,70)/b12-9-,20-17-,21-18-,28-26-,39-35-. The molecule has 0 aliphatic heterocycles. The predicted molar refractivity (Wildman–Crippen MR) is 316 cm³/mol. The predicted octanol–water partition coefficient (Wildman–Crippen LogP) is 18.7. The average Bonchev–Trinajstić information content (AvgIpc) is 3.41. The number of aliphatic hydroxyl groups is 1. The summed E-state index contributed by atoms with van der Waals surface area (Å²) in [6, 6.07) is 0. The van der Waals surface area contributed by atoms with Crippen LogP contribution in [0, 0.1) is 0 Å². The number of carbonyl (C=O) groups is 3. The van der Waals surface area contributed by atoms with Crippen LogP contribution in [0.1, 0.15) is 290 Å². The van der Waals surface area contributed by atoms with Crippen molar-refractivity contribution in [3.8, 4) is 0 Å². The summed E-state index contributed by atoms with van der Waals surface area (Å²) in [7, 11) is -4.76. The van der Waals surface area contributed by atoms with Crippen molar-refractivity contribution in [3.63, 3.8) is 0 Å². The van der Waals surface area contributed by atoms with E-state index in [4.69, 9.17) is 23.3 Å². The first-order valence-electron chi connectivity index (χ1n) is 31.2. The van der Waals surface area contributed by atoms with Crippen molar-refractivity contribution < 1.29 is 52.2 Å². The van der Waals surface area contributed by atoms with Gasteiger partial charge in [-0.15, -0.1) is 0 Å². The quantitative estimate of drug-likeness (QED) is 0.0197. The molecule has 0 radical (unpaired) electrons. The van der Waals surface area contributed by atoms with Crippen molar-refractivity contribution in [3.05, 3.63) is 60.8 Å². The van der Waals surface area contributed by atoms with E-state index >= 15 is 0 Å². The third kappa shape index (κ3) is 55.9. The summed E-state index contributed by atoms with van der Waals surface area (Å²) >= 11 is 0. The van der Waals surface area contributed by atoms with Gasteiger partial charge in [0, 0.05) is 19.3 Å². The van der Waals surface area contributed by atoms with Crippen molar-refractivity contribution in [1.82, 2.24) is 0 Å². The van der Waals surface area contributed by atoms with E-state index in [1.807, 2.05) is 0 Å². The minimum atomic E-state index is -4.76. The van der Waals surface area contributed by atoms with Gasteiger partial charge in [0.05, 0.1) is 19.8 Å². The molecule has 0 heterocycles. The molecule has 0 bridgehead atoms. The van der Waals surface area contributed by atoms with Gasteiger partial charge in [-0.05, 0) is 83.5 Å². The number of ether oxygens (including phenoxy) is 3. The van der Waals surface area contributed by atoms with Crippen LogP contribution in [-0.4, -0.2) is 66.5 Å². The van der Waals surface area contributed by atoms with E-state index in [0.717, 1.165) is 96.3 Å². The highest BCUT2D eigenvalue weighted by Crippen LogP contribution is 2.43. The molecule has 0 aliphatic rings. The maximum atomic E-state index is 12.9. The first kappa shape index (κ1) is 73.2. The number of allylic oxidation sites excluding steroid dienone is 10. The smallest absolute Gasteiger partial charge is 0.462 e. The molecule has 11 nitrogen and oxygen atoms in total. The van der Waals surface area contributed by atoms with Gasteiger partial charge in [-0.1, -0.05) is 248 Å². The molecule has 0 aromatic carbocycles. The van der Waals surface area contributed by atoms with Crippen molar-refractivity contribution in [2.45, 2.75) is 303 Å². The molecule has 0 rings (SSSR count). The fourth-order valence-corrected chi connectivity index (χ4v) is 9.48. The number of hydrogen-bond donors (Lipinski definition) is 2. The van der Waals surface area contributed by atoms with Gasteiger partial charge in [0.15, 0.2) is 6.10 Å². The maximum Gasteiger partial charge on any atom is 0.472 e. The summed E-state index contributed by atoms with van der Waals surface area (Å²) in [6.45, 7) is 4.51. The van der Waals surface area contributed by atoms with Gasteiger partial charge in [-0.3, -0.25) is 23.4 Å². The van der Waals surface area contributed by atoms with Crippen molar-refractivity contribution >= 4 is 25.7 Å². The van der Waals surface area contributed by atoms with Crippen LogP contribution in [-0.2, 0) is 42.2 Å². The van der Waals surface area contributed by atoms with Crippen LogP contribution in [0.3, 0.4) is 0 Å². The highest BCUT2D eigenvalue weighted by Gasteiger charge is 2.28. The molecule has 0 saturated heterocycles. The van der Waals surface area contributed by atoms with Gasteiger partial charge in [-0.2, -0.15) is 0 Å². The summed E-state index contributed by atoms with van der Waals surface area (Å²) in [5, 5.41) is 9.82. The highest BCUT2D eigenvalue weighted by molar-refractivity contribution is 7.47. The molecule has 0 amide bonds. The fraction of sp³-hybridized carbons (Fsp3) is 0.797. The largest absolute Gasteiger partial charge is 0.472 e. The van der Waals surface area contributed by atoms with E-state index in [2.05, 4.69) is 81.5 Å². The molecule has 0 spiro atoms. The Morgan fingerprint density at radius 3 is 1.09 bits per heavy atom. The van der Waals surface area contributed by atoms with Gasteiger partial charge >= 0.3 is 25.7 Å². The van der Waals surface area contributed by atoms with Gasteiger partial charge in [0.2, 0.25) is 0 Å². The van der Waals surface area contributed by atoms with Crippen LogP contribution in [0.5, 0.6) is 0 Å². The summed E-state index contributed by atoms with van der Waals surface area (Å²) < 4.78 is 39.6. The molecule has 3 unspecified atom stereocenters. The second-order valence-electron chi connectivity index (χ2n) is 20.8. The molecular formula is C64H115O11P. The van der Waals surface area contributed by atoms with E-state index in [-0.39, 0.29) is 25.9 Å². The third-order valence-corrected chi connectivity index (χ3v) is 14.4. The molecule has 76 heavy (non-hydrogen) atoms. The number of aliphatic hydroxyl groups excluding tert-OH is 1. The molecule has 2 N–H and O–H groups in total. The van der Waals surface area contributed by atoms with Gasteiger partial charge < -0.3 is 24.2 Å². The van der Waals surface area contributed by atoms with Crippen LogP contribution >= 0.6 is 7.82 Å². The van der Waals surface area contributed by atoms with E-state index in [1.54, 1.807) is 0 Å². The molecular weight excluding hydrogens is 976 g/mol. The molecule has 3 atom stereocenters. The lowest BCUT2D eigenvalue weighted by Crippen LogP contribution is -2.30. The normalized spacial score (nSPS) is 13.7. The van der Waals surface area contributed by atoms with Crippen LogP contribution < -0.4 is 0 Å². The Bertz CT molecular complexity index is 1510. The lowest BCUT2D eigenvalue weighted by atomic mass is 10.0. The number of unbranched alkanes of at least 4 members (excludes halogenated alkanes) is 31. The summed E-state index contributed by atoms with van der Waals surface area (Å²) in [6.07, 6.45) is 64.7. The average molecular weight is 1090 g/mol. The second kappa shape index (κ2) is 58.3. The SMILES string of the molecule is CC/C=C\C/C=C\C/C=C\CCCCCC(=O)OC(CO)COP(=O)(O)OCC(COC(=O)CCCCCCCCCCCCCCCCCCCCC)OC(=O)CCCCCCCCC/C=C\C/C=C\CCCCC. The minimum Gasteiger partial charge on any atom is -0.462 e. The first-order valence-corrected chi connectivity index (χ1v) is 32.7. The Morgan fingerprint density at radius 2 is 0.684 bits per heavy atom. The number of carbonyl (C=O) groups excluding carboxylic acids is 3. The van der Waals surface area contributed by atoms with E-state index in [0.29, 0.717) is 19.3 Å². The molecule has 0 saturated carbocycles. The third-order valence-electron chi connectivity index (χ3n) is 13.4. The number of phosphoric acid groups is 1. The van der Waals surface area contributed by atoms with Crippen molar-refractivity contribution in [2.75, 3.05) is 26.4 Å². The summed E-state index contributed by atoms with van der Waals surface area (Å²) in [5.41, 5.74) is 0. The minimum absolute atomic E-state index is 0.142. The Balaban J connectivity index is 4.71. The van der Waals surface area contributed by atoms with Crippen LogP contribution in [0.25, 0.3) is 0 Å². The van der Waals surface area contributed by atoms with Gasteiger partial charge in [-0.25, -0.2) is 4.57 Å².